The Morgan fingerprint density at radius 1 is 1.09 bits per heavy atom. The predicted octanol–water partition coefficient (Wildman–Crippen LogP) is 2.88. The minimum atomic E-state index is 0.570. The van der Waals surface area contributed by atoms with Crippen LogP contribution in [0.1, 0.15) is 13.8 Å². The van der Waals surface area contributed by atoms with Crippen molar-refractivity contribution in [2.75, 3.05) is 58.5 Å². The molecule has 128 valence electrons. The molecule has 0 aromatic heterocycles. The van der Waals surface area contributed by atoms with Gasteiger partial charge < -0.3 is 19.1 Å². The molecular weight excluding hydrogens is 296 g/mol. The maximum Gasteiger partial charge on any atom is 0.149 e. The summed E-state index contributed by atoms with van der Waals surface area (Å²) in [4.78, 5) is 2.25. The summed E-state index contributed by atoms with van der Waals surface area (Å²) in [5, 5.41) is 9.97. The zero-order chi connectivity index (χ0) is 16.7. The van der Waals surface area contributed by atoms with E-state index in [1.807, 2.05) is 40.1 Å². The van der Waals surface area contributed by atoms with Crippen LogP contribution in [0.5, 0.6) is 11.5 Å². The van der Waals surface area contributed by atoms with Crippen molar-refractivity contribution in [1.82, 2.24) is 5.01 Å². The van der Waals surface area contributed by atoms with Crippen molar-refractivity contribution in [3.63, 3.8) is 0 Å². The topological polar surface area (TPSA) is 58.9 Å². The number of morpholine rings is 1. The largest absolute Gasteiger partial charge is 0.492 e. The Kier molecular flexibility index (Phi) is 6.46. The molecule has 0 saturated carbocycles. The number of ether oxygens (including phenoxy) is 3. The molecule has 0 spiro atoms. The van der Waals surface area contributed by atoms with Gasteiger partial charge in [-0.1, -0.05) is 5.22 Å². The Bertz CT molecular complexity index is 528. The number of hydrogen-bond donors (Lipinski definition) is 0. The minimum absolute atomic E-state index is 0.570. The number of nitrogens with zero attached hydrogens (tertiary/aromatic N) is 4. The average molecular weight is 322 g/mol. The van der Waals surface area contributed by atoms with E-state index in [0.717, 1.165) is 37.7 Å². The average Bonchev–Trinajstić information content (AvgIpc) is 2.55. The molecule has 0 atom stereocenters. The highest BCUT2D eigenvalue weighted by Crippen LogP contribution is 2.40. The van der Waals surface area contributed by atoms with Crippen LogP contribution >= 0.6 is 0 Å². The Labute approximate surface area is 137 Å². The normalized spacial score (nSPS) is 15.0. The van der Waals surface area contributed by atoms with Gasteiger partial charge in [-0.25, -0.2) is 0 Å². The number of hydrogen-bond acceptors (Lipinski definition) is 6. The third-order valence-electron chi connectivity index (χ3n) is 3.32. The van der Waals surface area contributed by atoms with E-state index in [9.17, 15) is 0 Å². The lowest BCUT2D eigenvalue weighted by Crippen LogP contribution is -2.36. The molecule has 1 aliphatic heterocycles. The smallest absolute Gasteiger partial charge is 0.149 e. The molecule has 23 heavy (non-hydrogen) atoms. The summed E-state index contributed by atoms with van der Waals surface area (Å²) in [6.45, 7) is 8.21. The SMILES string of the molecule is CCOc1cc(N2CCOCC2)c(OCC)cc1N=NN(C)C. The third-order valence-corrected chi connectivity index (χ3v) is 3.32. The van der Waals surface area contributed by atoms with Gasteiger partial charge in [-0.15, -0.1) is 5.11 Å². The van der Waals surface area contributed by atoms with E-state index in [-0.39, 0.29) is 0 Å². The number of benzene rings is 1. The van der Waals surface area contributed by atoms with Gasteiger partial charge in [0.05, 0.1) is 32.1 Å². The molecule has 1 aliphatic rings. The molecule has 7 nitrogen and oxygen atoms in total. The summed E-state index contributed by atoms with van der Waals surface area (Å²) in [6, 6.07) is 3.89. The summed E-state index contributed by atoms with van der Waals surface area (Å²) in [5.41, 5.74) is 1.68. The standard InChI is InChI=1S/C16H26N4O3/c1-5-22-15-12-14(20-7-9-21-10-8-20)16(23-6-2)11-13(15)17-18-19(3)4/h11-12H,5-10H2,1-4H3. The quantitative estimate of drug-likeness (QED) is 0.571. The zero-order valence-corrected chi connectivity index (χ0v) is 14.4. The first-order valence-electron chi connectivity index (χ1n) is 8.01. The molecule has 7 heteroatoms. The summed E-state index contributed by atoms with van der Waals surface area (Å²) in [6.07, 6.45) is 0. The first kappa shape index (κ1) is 17.3. The van der Waals surface area contributed by atoms with Crippen LogP contribution in [0.4, 0.5) is 11.4 Å². The van der Waals surface area contributed by atoms with Crippen molar-refractivity contribution in [3.05, 3.63) is 12.1 Å². The zero-order valence-electron chi connectivity index (χ0n) is 14.4. The van der Waals surface area contributed by atoms with Gasteiger partial charge in [-0.2, -0.15) is 0 Å². The number of anilines is 1. The molecule has 1 saturated heterocycles. The van der Waals surface area contributed by atoms with Crippen LogP contribution in [0, 0.1) is 0 Å². The monoisotopic (exact) mass is 322 g/mol. The van der Waals surface area contributed by atoms with Crippen molar-refractivity contribution in [1.29, 1.82) is 0 Å². The molecule has 0 amide bonds. The Hall–Kier alpha value is -2.02. The summed E-state index contributed by atoms with van der Waals surface area (Å²) in [5.74, 6) is 1.51. The van der Waals surface area contributed by atoms with E-state index in [1.54, 1.807) is 5.01 Å². The molecule has 1 aromatic rings. The van der Waals surface area contributed by atoms with Gasteiger partial charge in [-0.3, -0.25) is 5.01 Å². The maximum atomic E-state index is 5.82. The molecule has 0 aliphatic carbocycles. The fraction of sp³-hybridized carbons (Fsp3) is 0.625. The highest BCUT2D eigenvalue weighted by atomic mass is 16.5. The molecule has 0 unspecified atom stereocenters. The van der Waals surface area contributed by atoms with Gasteiger partial charge in [0.2, 0.25) is 0 Å². The van der Waals surface area contributed by atoms with Gasteiger partial charge in [0, 0.05) is 39.3 Å². The van der Waals surface area contributed by atoms with Crippen LogP contribution in [-0.2, 0) is 4.74 Å². The third kappa shape index (κ3) is 4.72. The van der Waals surface area contributed by atoms with E-state index in [1.165, 1.54) is 0 Å². The van der Waals surface area contributed by atoms with Gasteiger partial charge in [0.1, 0.15) is 17.2 Å². The fourth-order valence-corrected chi connectivity index (χ4v) is 2.35. The first-order chi connectivity index (χ1) is 11.2. The highest BCUT2D eigenvalue weighted by molar-refractivity contribution is 5.70. The van der Waals surface area contributed by atoms with Crippen LogP contribution < -0.4 is 14.4 Å². The summed E-state index contributed by atoms with van der Waals surface area (Å²) < 4.78 is 17.0. The van der Waals surface area contributed by atoms with Crippen molar-refractivity contribution >= 4 is 11.4 Å². The fourth-order valence-electron chi connectivity index (χ4n) is 2.35. The Balaban J connectivity index is 2.41. The van der Waals surface area contributed by atoms with Crippen molar-refractivity contribution in [3.8, 4) is 11.5 Å². The van der Waals surface area contributed by atoms with Crippen LogP contribution in [0.2, 0.25) is 0 Å². The van der Waals surface area contributed by atoms with E-state index in [2.05, 4.69) is 15.2 Å². The van der Waals surface area contributed by atoms with Gasteiger partial charge in [-0.05, 0) is 13.8 Å². The van der Waals surface area contributed by atoms with Crippen molar-refractivity contribution < 1.29 is 14.2 Å². The first-order valence-corrected chi connectivity index (χ1v) is 8.01. The van der Waals surface area contributed by atoms with E-state index in [0.29, 0.717) is 24.7 Å². The van der Waals surface area contributed by atoms with Crippen LogP contribution in [-0.4, -0.2) is 58.6 Å². The molecule has 1 heterocycles. The highest BCUT2D eigenvalue weighted by Gasteiger charge is 2.19. The van der Waals surface area contributed by atoms with Crippen LogP contribution in [0.3, 0.4) is 0 Å². The molecule has 1 aromatic carbocycles. The van der Waals surface area contributed by atoms with Crippen LogP contribution in [0.25, 0.3) is 0 Å². The van der Waals surface area contributed by atoms with Gasteiger partial charge in [0.15, 0.2) is 0 Å². The van der Waals surface area contributed by atoms with E-state index < -0.39 is 0 Å². The van der Waals surface area contributed by atoms with Gasteiger partial charge >= 0.3 is 0 Å². The molecule has 0 bridgehead atoms. The molecular formula is C16H26N4O3. The van der Waals surface area contributed by atoms with E-state index >= 15 is 0 Å². The van der Waals surface area contributed by atoms with Crippen molar-refractivity contribution in [2.24, 2.45) is 10.3 Å². The number of rotatable bonds is 7. The van der Waals surface area contributed by atoms with Crippen LogP contribution in [0.15, 0.2) is 22.5 Å². The molecule has 0 N–H and O–H groups in total. The lowest BCUT2D eigenvalue weighted by Gasteiger charge is -2.30. The minimum Gasteiger partial charge on any atom is -0.492 e. The second kappa shape index (κ2) is 8.57. The lowest BCUT2D eigenvalue weighted by atomic mass is 10.2. The Morgan fingerprint density at radius 2 is 1.74 bits per heavy atom. The summed E-state index contributed by atoms with van der Waals surface area (Å²) in [7, 11) is 3.66. The predicted molar refractivity (Wildman–Crippen MR) is 90.0 cm³/mol. The summed E-state index contributed by atoms with van der Waals surface area (Å²) >= 11 is 0. The maximum absolute atomic E-state index is 5.82. The molecule has 1 fully saturated rings. The van der Waals surface area contributed by atoms with E-state index in [4.69, 9.17) is 14.2 Å². The van der Waals surface area contributed by atoms with Gasteiger partial charge in [0.25, 0.3) is 0 Å². The molecule has 0 radical (unpaired) electrons. The lowest BCUT2D eigenvalue weighted by molar-refractivity contribution is 0.122. The second-order valence-electron chi connectivity index (χ2n) is 5.29. The van der Waals surface area contributed by atoms with Crippen molar-refractivity contribution in [2.45, 2.75) is 13.8 Å². The molecule has 2 rings (SSSR count). The second-order valence-corrected chi connectivity index (χ2v) is 5.29. The Morgan fingerprint density at radius 3 is 2.35 bits per heavy atom.